The minimum absolute atomic E-state index is 0.231. The number of aliphatic hydroxyl groups is 1. The summed E-state index contributed by atoms with van der Waals surface area (Å²) in [5.74, 6) is 0.312. The SMILES string of the molecule is Cc1ccccc1-n1c(CO)nc2ccc(N)cc2c1=O. The average Bonchev–Trinajstić information content (AvgIpc) is 2.49. The summed E-state index contributed by atoms with van der Waals surface area (Å²) in [6.45, 7) is 1.59. The Bertz CT molecular complexity index is 884. The molecule has 0 unspecified atom stereocenters. The van der Waals surface area contributed by atoms with Crippen LogP contribution in [0.1, 0.15) is 11.4 Å². The van der Waals surface area contributed by atoms with Crippen LogP contribution in [-0.2, 0) is 6.61 Å². The Kier molecular flexibility index (Phi) is 3.19. The van der Waals surface area contributed by atoms with Gasteiger partial charge in [0.05, 0.1) is 16.6 Å². The number of aryl methyl sites for hydroxylation is 1. The summed E-state index contributed by atoms with van der Waals surface area (Å²) in [7, 11) is 0. The van der Waals surface area contributed by atoms with E-state index in [0.29, 0.717) is 28.1 Å². The van der Waals surface area contributed by atoms with Crippen molar-refractivity contribution < 1.29 is 5.11 Å². The number of hydrogen-bond donors (Lipinski definition) is 2. The molecule has 0 aliphatic heterocycles. The quantitative estimate of drug-likeness (QED) is 0.701. The zero-order chi connectivity index (χ0) is 15.0. The molecule has 1 aromatic heterocycles. The summed E-state index contributed by atoms with van der Waals surface area (Å²) < 4.78 is 1.44. The van der Waals surface area contributed by atoms with Gasteiger partial charge >= 0.3 is 0 Å². The molecule has 5 nitrogen and oxygen atoms in total. The normalized spacial score (nSPS) is 11.0. The number of para-hydroxylation sites is 1. The van der Waals surface area contributed by atoms with Crippen molar-refractivity contribution in [2.45, 2.75) is 13.5 Å². The van der Waals surface area contributed by atoms with E-state index in [1.54, 1.807) is 18.2 Å². The van der Waals surface area contributed by atoms with Crippen LogP contribution in [0.5, 0.6) is 0 Å². The van der Waals surface area contributed by atoms with Gasteiger partial charge in [-0.25, -0.2) is 4.98 Å². The van der Waals surface area contributed by atoms with Crippen LogP contribution in [0.2, 0.25) is 0 Å². The lowest BCUT2D eigenvalue weighted by Gasteiger charge is -2.14. The van der Waals surface area contributed by atoms with Crippen LogP contribution >= 0.6 is 0 Å². The lowest BCUT2D eigenvalue weighted by molar-refractivity contribution is 0.268. The van der Waals surface area contributed by atoms with Gasteiger partial charge in [-0.05, 0) is 36.8 Å². The van der Waals surface area contributed by atoms with Crippen molar-refractivity contribution in [3.63, 3.8) is 0 Å². The third kappa shape index (κ3) is 2.17. The zero-order valence-corrected chi connectivity index (χ0v) is 11.6. The fraction of sp³-hybridized carbons (Fsp3) is 0.125. The average molecular weight is 281 g/mol. The number of rotatable bonds is 2. The van der Waals surface area contributed by atoms with Crippen molar-refractivity contribution >= 4 is 16.6 Å². The van der Waals surface area contributed by atoms with Gasteiger partial charge in [-0.15, -0.1) is 0 Å². The molecule has 0 saturated heterocycles. The van der Waals surface area contributed by atoms with Gasteiger partial charge in [0, 0.05) is 5.69 Å². The molecule has 21 heavy (non-hydrogen) atoms. The molecule has 3 rings (SSSR count). The van der Waals surface area contributed by atoms with E-state index in [0.717, 1.165) is 5.56 Å². The summed E-state index contributed by atoms with van der Waals surface area (Å²) in [5.41, 5.74) is 8.21. The third-order valence-electron chi connectivity index (χ3n) is 3.46. The second-order valence-electron chi connectivity index (χ2n) is 4.89. The number of nitrogens with zero attached hydrogens (tertiary/aromatic N) is 2. The minimum Gasteiger partial charge on any atom is -0.399 e. The highest BCUT2D eigenvalue weighted by molar-refractivity contribution is 5.81. The van der Waals surface area contributed by atoms with Crippen molar-refractivity contribution in [2.75, 3.05) is 5.73 Å². The summed E-state index contributed by atoms with van der Waals surface area (Å²) in [5, 5.41) is 10.0. The molecule has 0 saturated carbocycles. The summed E-state index contributed by atoms with van der Waals surface area (Å²) in [4.78, 5) is 17.1. The van der Waals surface area contributed by atoms with Crippen molar-refractivity contribution in [1.29, 1.82) is 0 Å². The van der Waals surface area contributed by atoms with E-state index in [2.05, 4.69) is 4.98 Å². The van der Waals surface area contributed by atoms with E-state index in [4.69, 9.17) is 5.73 Å². The molecule has 0 aliphatic rings. The van der Waals surface area contributed by atoms with Gasteiger partial charge in [-0.1, -0.05) is 18.2 Å². The number of benzene rings is 2. The summed E-state index contributed by atoms with van der Waals surface area (Å²) in [6, 6.07) is 12.5. The maximum Gasteiger partial charge on any atom is 0.266 e. The summed E-state index contributed by atoms with van der Waals surface area (Å²) in [6.07, 6.45) is 0. The molecule has 106 valence electrons. The Balaban J connectivity index is 2.44. The zero-order valence-electron chi connectivity index (χ0n) is 11.6. The Morgan fingerprint density at radius 3 is 2.71 bits per heavy atom. The lowest BCUT2D eigenvalue weighted by atomic mass is 10.1. The van der Waals surface area contributed by atoms with Crippen LogP contribution in [0.25, 0.3) is 16.6 Å². The Morgan fingerprint density at radius 2 is 2.00 bits per heavy atom. The fourth-order valence-electron chi connectivity index (χ4n) is 2.42. The van der Waals surface area contributed by atoms with Gasteiger partial charge in [0.1, 0.15) is 12.4 Å². The number of nitrogen functional groups attached to an aromatic ring is 1. The van der Waals surface area contributed by atoms with Gasteiger partial charge in [-0.3, -0.25) is 9.36 Å². The molecule has 2 aromatic carbocycles. The first-order valence-electron chi connectivity index (χ1n) is 6.60. The molecule has 0 atom stereocenters. The largest absolute Gasteiger partial charge is 0.399 e. The molecule has 0 bridgehead atoms. The highest BCUT2D eigenvalue weighted by atomic mass is 16.3. The first kappa shape index (κ1) is 13.3. The first-order valence-corrected chi connectivity index (χ1v) is 6.60. The number of aromatic nitrogens is 2. The van der Waals surface area contributed by atoms with Gasteiger partial charge < -0.3 is 10.8 Å². The lowest BCUT2D eigenvalue weighted by Crippen LogP contribution is -2.24. The molecular formula is C16H15N3O2. The van der Waals surface area contributed by atoms with Gasteiger partial charge in [0.2, 0.25) is 0 Å². The second kappa shape index (κ2) is 5.03. The second-order valence-corrected chi connectivity index (χ2v) is 4.89. The Labute approximate surface area is 121 Å². The maximum absolute atomic E-state index is 12.8. The van der Waals surface area contributed by atoms with Crippen molar-refractivity contribution in [3.05, 3.63) is 64.2 Å². The molecule has 0 amide bonds. The molecule has 0 aliphatic carbocycles. The van der Waals surface area contributed by atoms with Crippen molar-refractivity contribution in [2.24, 2.45) is 0 Å². The predicted molar refractivity (Wildman–Crippen MR) is 82.4 cm³/mol. The molecule has 1 heterocycles. The van der Waals surface area contributed by atoms with Crippen molar-refractivity contribution in [3.8, 4) is 5.69 Å². The Hall–Kier alpha value is -2.66. The van der Waals surface area contributed by atoms with Crippen molar-refractivity contribution in [1.82, 2.24) is 9.55 Å². The number of anilines is 1. The molecule has 0 spiro atoms. The molecule has 0 fully saturated rings. The molecule has 0 radical (unpaired) electrons. The maximum atomic E-state index is 12.8. The molecular weight excluding hydrogens is 266 g/mol. The van der Waals surface area contributed by atoms with Crippen LogP contribution in [-0.4, -0.2) is 14.7 Å². The molecule has 3 aromatic rings. The minimum atomic E-state index is -0.316. The summed E-state index contributed by atoms with van der Waals surface area (Å²) >= 11 is 0. The standard InChI is InChI=1S/C16H15N3O2/c1-10-4-2-3-5-14(10)19-15(9-20)18-13-7-6-11(17)8-12(13)16(19)21/h2-8,20H,9,17H2,1H3. The number of nitrogens with two attached hydrogens (primary N) is 1. The van der Waals surface area contributed by atoms with Crippen LogP contribution in [0.15, 0.2) is 47.3 Å². The first-order chi connectivity index (χ1) is 10.1. The van der Waals surface area contributed by atoms with E-state index in [9.17, 15) is 9.90 Å². The van der Waals surface area contributed by atoms with Crippen LogP contribution in [0.4, 0.5) is 5.69 Å². The van der Waals surface area contributed by atoms with E-state index in [1.807, 2.05) is 31.2 Å². The third-order valence-corrected chi connectivity index (χ3v) is 3.46. The molecule has 3 N–H and O–H groups in total. The number of aliphatic hydroxyl groups excluding tert-OH is 1. The number of fused-ring (bicyclic) bond motifs is 1. The number of hydrogen-bond acceptors (Lipinski definition) is 4. The van der Waals surface area contributed by atoms with Crippen LogP contribution in [0, 0.1) is 6.92 Å². The Morgan fingerprint density at radius 1 is 1.24 bits per heavy atom. The highest BCUT2D eigenvalue weighted by Gasteiger charge is 2.13. The molecule has 5 heteroatoms. The highest BCUT2D eigenvalue weighted by Crippen LogP contribution is 2.17. The van der Waals surface area contributed by atoms with Crippen LogP contribution < -0.4 is 11.3 Å². The predicted octanol–water partition coefficient (Wildman–Crippen LogP) is 1.77. The van der Waals surface area contributed by atoms with Gasteiger partial charge in [0.15, 0.2) is 0 Å². The monoisotopic (exact) mass is 281 g/mol. The van der Waals surface area contributed by atoms with Gasteiger partial charge in [-0.2, -0.15) is 0 Å². The van der Waals surface area contributed by atoms with Crippen LogP contribution in [0.3, 0.4) is 0 Å². The van der Waals surface area contributed by atoms with E-state index in [-0.39, 0.29) is 12.2 Å². The van der Waals surface area contributed by atoms with E-state index < -0.39 is 0 Å². The van der Waals surface area contributed by atoms with E-state index >= 15 is 0 Å². The van der Waals surface area contributed by atoms with E-state index in [1.165, 1.54) is 4.57 Å². The fourth-order valence-corrected chi connectivity index (χ4v) is 2.42. The smallest absolute Gasteiger partial charge is 0.266 e. The van der Waals surface area contributed by atoms with Gasteiger partial charge in [0.25, 0.3) is 5.56 Å². The topological polar surface area (TPSA) is 81.1 Å².